The third-order valence-electron chi connectivity index (χ3n) is 3.45. The van der Waals surface area contributed by atoms with Gasteiger partial charge in [-0.3, -0.25) is 4.79 Å². The van der Waals surface area contributed by atoms with Crippen LogP contribution < -0.4 is 10.9 Å². The number of primary amides is 1. The number of primary sulfonamides is 1. The van der Waals surface area contributed by atoms with E-state index < -0.39 is 21.7 Å². The third-order valence-corrected chi connectivity index (χ3v) is 4.38. The number of hydrogen-bond acceptors (Lipinski definition) is 4. The Morgan fingerprint density at radius 2 is 1.88 bits per heavy atom. The molecule has 0 saturated heterocycles. The molecule has 24 heavy (non-hydrogen) atoms. The summed E-state index contributed by atoms with van der Waals surface area (Å²) in [6.07, 6.45) is 1.45. The van der Waals surface area contributed by atoms with Crippen molar-refractivity contribution in [2.24, 2.45) is 10.9 Å². The minimum absolute atomic E-state index is 0.0246. The summed E-state index contributed by atoms with van der Waals surface area (Å²) in [6.45, 7) is 0. The molecular weight excluding hydrogens is 335 g/mol. The molecule has 3 aromatic rings. The number of halogens is 1. The van der Waals surface area contributed by atoms with Crippen LogP contribution >= 0.6 is 0 Å². The third kappa shape index (κ3) is 3.12. The van der Waals surface area contributed by atoms with Gasteiger partial charge in [-0.2, -0.15) is 5.10 Å². The quantitative estimate of drug-likeness (QED) is 0.725. The highest BCUT2D eigenvalue weighted by Gasteiger charge is 2.13. The molecule has 7 nitrogen and oxygen atoms in total. The highest BCUT2D eigenvalue weighted by atomic mass is 32.2. The van der Waals surface area contributed by atoms with Gasteiger partial charge in [0, 0.05) is 11.6 Å². The molecule has 0 spiro atoms. The molecule has 1 heterocycles. The number of nitrogens with zero attached hydrogens (tertiary/aromatic N) is 2. The van der Waals surface area contributed by atoms with Crippen LogP contribution in [0.5, 0.6) is 0 Å². The maximum absolute atomic E-state index is 13.7. The lowest BCUT2D eigenvalue weighted by molar-refractivity contribution is -0.117. The summed E-state index contributed by atoms with van der Waals surface area (Å²) in [5, 5.41) is 9.89. The Morgan fingerprint density at radius 1 is 1.21 bits per heavy atom. The van der Waals surface area contributed by atoms with Crippen LogP contribution in [0.25, 0.3) is 16.6 Å². The Labute approximate surface area is 136 Å². The van der Waals surface area contributed by atoms with Crippen molar-refractivity contribution in [1.82, 2.24) is 9.78 Å². The SMILES string of the molecule is NC(=O)Cc1cc(F)cc2cn(-c3ccc(S(N)(=O)=O)cc3)nc12. The van der Waals surface area contributed by atoms with E-state index in [9.17, 15) is 17.6 Å². The summed E-state index contributed by atoms with van der Waals surface area (Å²) in [4.78, 5) is 11.1. The van der Waals surface area contributed by atoms with Gasteiger partial charge in [0.1, 0.15) is 5.82 Å². The van der Waals surface area contributed by atoms with Gasteiger partial charge in [0.2, 0.25) is 15.9 Å². The van der Waals surface area contributed by atoms with E-state index in [0.29, 0.717) is 22.2 Å². The van der Waals surface area contributed by atoms with Crippen LogP contribution in [0, 0.1) is 5.82 Å². The predicted octanol–water partition coefficient (Wildman–Crippen LogP) is 0.840. The van der Waals surface area contributed by atoms with Crippen molar-refractivity contribution < 1.29 is 17.6 Å². The first kappa shape index (κ1) is 16.1. The molecule has 0 bridgehead atoms. The standard InChI is InChI=1S/C15H13FN4O3S/c16-11-5-9(7-14(17)21)15-10(6-11)8-20(19-15)12-1-3-13(4-2-12)24(18,22)23/h1-6,8H,7H2,(H2,17,21)(H2,18,22,23). The molecular formula is C15H13FN4O3S. The van der Waals surface area contributed by atoms with Crippen molar-refractivity contribution in [2.45, 2.75) is 11.3 Å². The van der Waals surface area contributed by atoms with Crippen molar-refractivity contribution in [3.63, 3.8) is 0 Å². The number of fused-ring (bicyclic) bond motifs is 1. The molecule has 0 atom stereocenters. The Kier molecular flexibility index (Phi) is 3.82. The minimum atomic E-state index is -3.78. The van der Waals surface area contributed by atoms with E-state index >= 15 is 0 Å². The first-order valence-electron chi connectivity index (χ1n) is 6.83. The number of benzene rings is 2. The average Bonchev–Trinajstić information content (AvgIpc) is 2.90. The smallest absolute Gasteiger partial charge is 0.238 e. The van der Waals surface area contributed by atoms with Crippen LogP contribution in [0.15, 0.2) is 47.5 Å². The zero-order valence-electron chi connectivity index (χ0n) is 12.3. The second-order valence-corrected chi connectivity index (χ2v) is 6.82. The highest BCUT2D eigenvalue weighted by Crippen LogP contribution is 2.22. The van der Waals surface area contributed by atoms with Crippen molar-refractivity contribution >= 4 is 26.8 Å². The molecule has 0 radical (unpaired) electrons. The van der Waals surface area contributed by atoms with Crippen LogP contribution in [-0.4, -0.2) is 24.1 Å². The molecule has 0 aliphatic heterocycles. The summed E-state index contributed by atoms with van der Waals surface area (Å²) in [6, 6.07) is 8.26. The lowest BCUT2D eigenvalue weighted by atomic mass is 10.1. The minimum Gasteiger partial charge on any atom is -0.369 e. The zero-order valence-corrected chi connectivity index (χ0v) is 13.1. The van der Waals surface area contributed by atoms with E-state index in [2.05, 4.69) is 5.10 Å². The lowest BCUT2D eigenvalue weighted by Gasteiger charge is -2.02. The molecule has 2 aromatic carbocycles. The van der Waals surface area contributed by atoms with Crippen LogP contribution in [0.4, 0.5) is 4.39 Å². The largest absolute Gasteiger partial charge is 0.369 e. The lowest BCUT2D eigenvalue weighted by Crippen LogP contribution is -2.14. The number of carbonyl (C=O) groups excluding carboxylic acids is 1. The molecule has 0 saturated carbocycles. The first-order valence-corrected chi connectivity index (χ1v) is 8.38. The van der Waals surface area contributed by atoms with Crippen LogP contribution in [0.1, 0.15) is 5.56 Å². The molecule has 124 valence electrons. The molecule has 0 aliphatic rings. The van der Waals surface area contributed by atoms with Crippen LogP contribution in [0.3, 0.4) is 0 Å². The fourth-order valence-electron chi connectivity index (χ4n) is 2.41. The Hall–Kier alpha value is -2.78. The predicted molar refractivity (Wildman–Crippen MR) is 85.3 cm³/mol. The van der Waals surface area contributed by atoms with Gasteiger partial charge < -0.3 is 5.73 Å². The van der Waals surface area contributed by atoms with Crippen molar-refractivity contribution in [3.05, 3.63) is 54.0 Å². The summed E-state index contributed by atoms with van der Waals surface area (Å²) >= 11 is 0. The molecule has 1 aromatic heterocycles. The number of rotatable bonds is 4. The van der Waals surface area contributed by atoms with Crippen LogP contribution in [-0.2, 0) is 21.2 Å². The van der Waals surface area contributed by atoms with E-state index in [0.717, 1.165) is 0 Å². The van der Waals surface area contributed by atoms with Gasteiger partial charge in [0.25, 0.3) is 0 Å². The Morgan fingerprint density at radius 3 is 2.46 bits per heavy atom. The number of amides is 1. The van der Waals surface area contributed by atoms with E-state index in [-0.39, 0.29) is 11.3 Å². The Balaban J connectivity index is 2.09. The fourth-order valence-corrected chi connectivity index (χ4v) is 2.93. The van der Waals surface area contributed by atoms with E-state index in [1.54, 1.807) is 6.20 Å². The molecule has 0 fully saturated rings. The molecule has 1 amide bonds. The second-order valence-electron chi connectivity index (χ2n) is 5.26. The Bertz CT molecular complexity index is 1040. The monoisotopic (exact) mass is 348 g/mol. The van der Waals surface area contributed by atoms with Crippen molar-refractivity contribution in [3.8, 4) is 5.69 Å². The highest BCUT2D eigenvalue weighted by molar-refractivity contribution is 7.89. The van der Waals surface area contributed by atoms with E-state index in [1.165, 1.54) is 41.1 Å². The van der Waals surface area contributed by atoms with Crippen LogP contribution in [0.2, 0.25) is 0 Å². The summed E-state index contributed by atoms with van der Waals surface area (Å²) < 4.78 is 37.7. The average molecular weight is 348 g/mol. The molecule has 0 unspecified atom stereocenters. The van der Waals surface area contributed by atoms with Gasteiger partial charge in [0.05, 0.1) is 22.5 Å². The number of hydrogen-bond donors (Lipinski definition) is 2. The summed E-state index contributed by atoms with van der Waals surface area (Å²) in [7, 11) is -3.78. The number of nitrogens with two attached hydrogens (primary N) is 2. The zero-order chi connectivity index (χ0) is 17.5. The number of carbonyl (C=O) groups is 1. The van der Waals surface area contributed by atoms with Gasteiger partial charge in [0.15, 0.2) is 0 Å². The van der Waals surface area contributed by atoms with E-state index in [4.69, 9.17) is 10.9 Å². The van der Waals surface area contributed by atoms with E-state index in [1.807, 2.05) is 0 Å². The second kappa shape index (κ2) is 5.69. The molecule has 3 rings (SSSR count). The van der Waals surface area contributed by atoms with Gasteiger partial charge in [-0.15, -0.1) is 0 Å². The molecule has 4 N–H and O–H groups in total. The maximum Gasteiger partial charge on any atom is 0.238 e. The van der Waals surface area contributed by atoms with Gasteiger partial charge in [-0.1, -0.05) is 0 Å². The summed E-state index contributed by atoms with van der Waals surface area (Å²) in [5.41, 5.74) is 6.57. The number of aromatic nitrogens is 2. The van der Waals surface area contributed by atoms with Gasteiger partial charge in [-0.05, 0) is 42.0 Å². The molecule has 0 aliphatic carbocycles. The maximum atomic E-state index is 13.7. The normalized spacial score (nSPS) is 11.8. The number of sulfonamides is 1. The van der Waals surface area contributed by atoms with Crippen molar-refractivity contribution in [1.29, 1.82) is 0 Å². The first-order chi connectivity index (χ1) is 11.2. The van der Waals surface area contributed by atoms with Gasteiger partial charge in [-0.25, -0.2) is 22.6 Å². The molecule has 9 heteroatoms. The van der Waals surface area contributed by atoms with Gasteiger partial charge >= 0.3 is 0 Å². The van der Waals surface area contributed by atoms with Crippen molar-refractivity contribution in [2.75, 3.05) is 0 Å². The topological polar surface area (TPSA) is 121 Å². The fraction of sp³-hybridized carbons (Fsp3) is 0.0667. The summed E-state index contributed by atoms with van der Waals surface area (Å²) in [5.74, 6) is -1.09.